The Balaban J connectivity index is 2.46. The van der Waals surface area contributed by atoms with Crippen LogP contribution in [0.3, 0.4) is 0 Å². The number of rotatable bonds is 5. The van der Waals surface area contributed by atoms with Gasteiger partial charge in [0.05, 0.1) is 12.1 Å². The predicted octanol–water partition coefficient (Wildman–Crippen LogP) is 0.363. The van der Waals surface area contributed by atoms with E-state index in [0.717, 1.165) is 19.3 Å². The van der Waals surface area contributed by atoms with Crippen LogP contribution in [0.5, 0.6) is 0 Å². The van der Waals surface area contributed by atoms with Gasteiger partial charge in [0.25, 0.3) is 0 Å². The van der Waals surface area contributed by atoms with Crippen molar-refractivity contribution in [1.29, 1.82) is 0 Å². The Morgan fingerprint density at radius 1 is 1.57 bits per heavy atom. The van der Waals surface area contributed by atoms with Gasteiger partial charge in [-0.3, -0.25) is 4.79 Å². The fraction of sp³-hybridized carbons (Fsp3) is 0.900. The van der Waals surface area contributed by atoms with Crippen molar-refractivity contribution < 1.29 is 9.53 Å². The lowest BCUT2D eigenvalue weighted by Crippen LogP contribution is -2.59. The largest absolute Gasteiger partial charge is 0.383 e. The van der Waals surface area contributed by atoms with E-state index < -0.39 is 5.54 Å². The maximum absolute atomic E-state index is 11.9. The second kappa shape index (κ2) is 4.75. The van der Waals surface area contributed by atoms with Crippen molar-refractivity contribution in [2.45, 2.75) is 31.7 Å². The maximum Gasteiger partial charge on any atom is 0.242 e. The van der Waals surface area contributed by atoms with Gasteiger partial charge in [-0.05, 0) is 26.2 Å². The van der Waals surface area contributed by atoms with E-state index in [0.29, 0.717) is 19.7 Å². The van der Waals surface area contributed by atoms with Crippen LogP contribution in [-0.2, 0) is 9.53 Å². The van der Waals surface area contributed by atoms with Crippen molar-refractivity contribution in [2.75, 3.05) is 26.8 Å². The monoisotopic (exact) mass is 200 g/mol. The molecule has 4 heteroatoms. The first-order chi connectivity index (χ1) is 6.64. The van der Waals surface area contributed by atoms with E-state index in [9.17, 15) is 4.79 Å². The number of hydrogen-bond acceptors (Lipinski definition) is 3. The number of hydrogen-bond donors (Lipinski definition) is 1. The molecule has 1 fully saturated rings. The molecule has 82 valence electrons. The number of ether oxygens (including phenoxy) is 1. The van der Waals surface area contributed by atoms with Crippen molar-refractivity contribution in [3.8, 4) is 0 Å². The Bertz CT molecular complexity index is 202. The normalized spacial score (nSPS) is 18.8. The first kappa shape index (κ1) is 11.5. The molecule has 0 spiro atoms. The van der Waals surface area contributed by atoms with Crippen LogP contribution in [0, 0.1) is 0 Å². The van der Waals surface area contributed by atoms with Crippen LogP contribution in [0.25, 0.3) is 0 Å². The van der Waals surface area contributed by atoms with Crippen molar-refractivity contribution >= 4 is 5.91 Å². The lowest BCUT2D eigenvalue weighted by Gasteiger charge is -2.40. The lowest BCUT2D eigenvalue weighted by molar-refractivity contribution is -0.140. The van der Waals surface area contributed by atoms with E-state index in [1.54, 1.807) is 12.0 Å². The third-order valence-corrected chi connectivity index (χ3v) is 2.91. The molecule has 0 unspecified atom stereocenters. The minimum absolute atomic E-state index is 0.0864. The number of carbonyl (C=O) groups is 1. The van der Waals surface area contributed by atoms with Crippen LogP contribution in [-0.4, -0.2) is 43.2 Å². The SMILES string of the molecule is CCN(CCOC)C(=O)C1(N)CCC1. The Labute approximate surface area is 85.4 Å². The summed E-state index contributed by atoms with van der Waals surface area (Å²) in [4.78, 5) is 13.7. The smallest absolute Gasteiger partial charge is 0.242 e. The first-order valence-corrected chi connectivity index (χ1v) is 5.21. The van der Waals surface area contributed by atoms with Gasteiger partial charge in [0.15, 0.2) is 0 Å². The van der Waals surface area contributed by atoms with E-state index in [1.165, 1.54) is 0 Å². The minimum Gasteiger partial charge on any atom is -0.383 e. The van der Waals surface area contributed by atoms with Gasteiger partial charge in [-0.15, -0.1) is 0 Å². The molecule has 0 aliphatic heterocycles. The summed E-state index contributed by atoms with van der Waals surface area (Å²) in [6.45, 7) is 3.90. The molecular weight excluding hydrogens is 180 g/mol. The average Bonchev–Trinajstić information content (AvgIpc) is 2.15. The van der Waals surface area contributed by atoms with Gasteiger partial charge in [-0.2, -0.15) is 0 Å². The summed E-state index contributed by atoms with van der Waals surface area (Å²) in [6, 6.07) is 0. The average molecular weight is 200 g/mol. The molecule has 0 bridgehead atoms. The summed E-state index contributed by atoms with van der Waals surface area (Å²) in [5.74, 6) is 0.0864. The van der Waals surface area contributed by atoms with E-state index in [1.807, 2.05) is 6.92 Å². The minimum atomic E-state index is -0.566. The third kappa shape index (κ3) is 2.25. The van der Waals surface area contributed by atoms with Crippen molar-refractivity contribution in [3.63, 3.8) is 0 Å². The molecule has 0 radical (unpaired) electrons. The molecule has 1 rings (SSSR count). The van der Waals surface area contributed by atoms with E-state index in [4.69, 9.17) is 10.5 Å². The van der Waals surface area contributed by atoms with Crippen LogP contribution >= 0.6 is 0 Å². The molecule has 0 aromatic heterocycles. The van der Waals surface area contributed by atoms with Gasteiger partial charge < -0.3 is 15.4 Å². The highest BCUT2D eigenvalue weighted by molar-refractivity contribution is 5.87. The highest BCUT2D eigenvalue weighted by Crippen LogP contribution is 2.30. The predicted molar refractivity (Wildman–Crippen MR) is 54.9 cm³/mol. The fourth-order valence-electron chi connectivity index (χ4n) is 1.69. The summed E-state index contributed by atoms with van der Waals surface area (Å²) in [5.41, 5.74) is 5.40. The van der Waals surface area contributed by atoms with Gasteiger partial charge in [0.1, 0.15) is 0 Å². The molecule has 1 amide bonds. The Hall–Kier alpha value is -0.610. The molecule has 0 atom stereocenters. The van der Waals surface area contributed by atoms with Crippen LogP contribution in [0.2, 0.25) is 0 Å². The zero-order valence-corrected chi connectivity index (χ0v) is 9.08. The molecule has 0 aromatic rings. The zero-order chi connectivity index (χ0) is 10.6. The number of nitrogens with zero attached hydrogens (tertiary/aromatic N) is 1. The fourth-order valence-corrected chi connectivity index (χ4v) is 1.69. The molecule has 0 aromatic carbocycles. The summed E-state index contributed by atoms with van der Waals surface area (Å²) in [5, 5.41) is 0. The zero-order valence-electron chi connectivity index (χ0n) is 9.08. The summed E-state index contributed by atoms with van der Waals surface area (Å²) in [6.07, 6.45) is 2.73. The van der Waals surface area contributed by atoms with Gasteiger partial charge in [-0.25, -0.2) is 0 Å². The van der Waals surface area contributed by atoms with Gasteiger partial charge >= 0.3 is 0 Å². The first-order valence-electron chi connectivity index (χ1n) is 5.21. The Morgan fingerprint density at radius 3 is 2.57 bits per heavy atom. The molecule has 1 aliphatic rings. The highest BCUT2D eigenvalue weighted by atomic mass is 16.5. The quantitative estimate of drug-likeness (QED) is 0.697. The second-order valence-corrected chi connectivity index (χ2v) is 3.89. The summed E-state index contributed by atoms with van der Waals surface area (Å²) < 4.78 is 4.95. The molecule has 1 saturated carbocycles. The van der Waals surface area contributed by atoms with E-state index in [-0.39, 0.29) is 5.91 Å². The molecule has 0 saturated heterocycles. The highest BCUT2D eigenvalue weighted by Gasteiger charge is 2.42. The van der Waals surface area contributed by atoms with Crippen LogP contribution in [0.15, 0.2) is 0 Å². The maximum atomic E-state index is 11.9. The Kier molecular flexibility index (Phi) is 3.89. The lowest BCUT2D eigenvalue weighted by atomic mass is 9.76. The van der Waals surface area contributed by atoms with Crippen LogP contribution in [0.4, 0.5) is 0 Å². The number of likely N-dealkylation sites (N-methyl/N-ethyl adjacent to an activating group) is 1. The topological polar surface area (TPSA) is 55.6 Å². The Morgan fingerprint density at radius 2 is 2.21 bits per heavy atom. The number of methoxy groups -OCH3 is 1. The van der Waals surface area contributed by atoms with Gasteiger partial charge in [-0.1, -0.05) is 0 Å². The van der Waals surface area contributed by atoms with Gasteiger partial charge in [0.2, 0.25) is 5.91 Å². The van der Waals surface area contributed by atoms with Crippen LogP contribution in [0.1, 0.15) is 26.2 Å². The molecule has 0 heterocycles. The molecule has 4 nitrogen and oxygen atoms in total. The van der Waals surface area contributed by atoms with Crippen molar-refractivity contribution in [1.82, 2.24) is 4.90 Å². The summed E-state index contributed by atoms with van der Waals surface area (Å²) >= 11 is 0. The summed E-state index contributed by atoms with van der Waals surface area (Å²) in [7, 11) is 1.64. The number of nitrogens with two attached hydrogens (primary N) is 1. The van der Waals surface area contributed by atoms with E-state index >= 15 is 0 Å². The van der Waals surface area contributed by atoms with Gasteiger partial charge in [0, 0.05) is 20.2 Å². The molecule has 1 aliphatic carbocycles. The second-order valence-electron chi connectivity index (χ2n) is 3.89. The van der Waals surface area contributed by atoms with Crippen molar-refractivity contribution in [2.24, 2.45) is 5.73 Å². The van der Waals surface area contributed by atoms with E-state index in [2.05, 4.69) is 0 Å². The molecular formula is C10H20N2O2. The van der Waals surface area contributed by atoms with Crippen LogP contribution < -0.4 is 5.73 Å². The van der Waals surface area contributed by atoms with Crippen molar-refractivity contribution in [3.05, 3.63) is 0 Å². The number of carbonyl (C=O) groups excluding carboxylic acids is 1. The standard InChI is InChI=1S/C10H20N2O2/c1-3-12(7-8-14-2)9(13)10(11)5-4-6-10/h3-8,11H2,1-2H3. The molecule has 2 N–H and O–H groups in total. The third-order valence-electron chi connectivity index (χ3n) is 2.91. The number of amides is 1. The molecule has 14 heavy (non-hydrogen) atoms.